The van der Waals surface area contributed by atoms with E-state index < -0.39 is 12.0 Å². The summed E-state index contributed by atoms with van der Waals surface area (Å²) < 4.78 is 5.73. The molecule has 1 aromatic rings. The quantitative estimate of drug-likeness (QED) is 0.763. The average molecular weight is 383 g/mol. The van der Waals surface area contributed by atoms with Crippen LogP contribution in [-0.2, 0) is 9.53 Å². The Bertz CT molecular complexity index is 748. The summed E-state index contributed by atoms with van der Waals surface area (Å²) in [7, 11) is 0. The minimum Gasteiger partial charge on any atom is -0.459 e. The van der Waals surface area contributed by atoms with E-state index in [1.807, 2.05) is 0 Å². The molecule has 0 saturated heterocycles. The number of hydrogen-bond donors (Lipinski definition) is 2. The topological polar surface area (TPSA) is 67.4 Å². The number of benzene rings is 1. The zero-order chi connectivity index (χ0) is 18.1. The maximum Gasteiger partial charge on any atom is 0.338 e. The van der Waals surface area contributed by atoms with E-state index >= 15 is 0 Å². The number of ether oxygens (including phenoxy) is 1. The van der Waals surface area contributed by atoms with Gasteiger partial charge in [0.25, 0.3) is 0 Å². The third-order valence-electron chi connectivity index (χ3n) is 4.81. The van der Waals surface area contributed by atoms with Crippen molar-refractivity contribution in [3.8, 4) is 0 Å². The van der Waals surface area contributed by atoms with Gasteiger partial charge in [0, 0.05) is 5.70 Å². The van der Waals surface area contributed by atoms with E-state index in [4.69, 9.17) is 27.9 Å². The maximum absolute atomic E-state index is 12.8. The second-order valence-electron chi connectivity index (χ2n) is 6.60. The predicted molar refractivity (Wildman–Crippen MR) is 96.5 cm³/mol. The van der Waals surface area contributed by atoms with E-state index in [-0.39, 0.29) is 12.1 Å². The molecule has 3 atom stereocenters. The van der Waals surface area contributed by atoms with Crippen LogP contribution >= 0.6 is 23.2 Å². The number of urea groups is 1. The average Bonchev–Trinajstić information content (AvgIpc) is 2.94. The van der Waals surface area contributed by atoms with E-state index in [1.165, 1.54) is 0 Å². The van der Waals surface area contributed by atoms with Crippen molar-refractivity contribution in [3.63, 3.8) is 0 Å². The standard InChI is InChI=1S/C18H20Cl2N2O3/c1-9-4-3-5-14(9)25-17(23)15-10(2)21-18(24)22-16(15)11-6-7-12(19)13(20)8-11/h6-9,14,16H,3-5H2,1-2H3,(H2,21,22,24)/t9-,14+,16+/m0/s1. The summed E-state index contributed by atoms with van der Waals surface area (Å²) in [6, 6.07) is 4.03. The van der Waals surface area contributed by atoms with Crippen molar-refractivity contribution >= 4 is 35.2 Å². The molecule has 5 nitrogen and oxygen atoms in total. The van der Waals surface area contributed by atoms with Crippen LogP contribution in [-0.4, -0.2) is 18.1 Å². The Kier molecular flexibility index (Phi) is 5.25. The maximum atomic E-state index is 12.8. The first-order valence-corrected chi connectivity index (χ1v) is 9.06. The number of allylic oxidation sites excluding steroid dienone is 1. The summed E-state index contributed by atoms with van der Waals surface area (Å²) in [6.07, 6.45) is 2.90. The Balaban J connectivity index is 1.91. The lowest BCUT2D eigenvalue weighted by atomic mass is 9.95. The highest BCUT2D eigenvalue weighted by Crippen LogP contribution is 2.34. The first kappa shape index (κ1) is 18.1. The largest absolute Gasteiger partial charge is 0.459 e. The summed E-state index contributed by atoms with van der Waals surface area (Å²) >= 11 is 12.1. The third kappa shape index (κ3) is 3.77. The predicted octanol–water partition coefficient (Wildman–Crippen LogP) is 4.35. The molecule has 2 amide bonds. The Morgan fingerprint density at radius 3 is 2.64 bits per heavy atom. The minimum atomic E-state index is -0.632. The van der Waals surface area contributed by atoms with Crippen molar-refractivity contribution in [1.82, 2.24) is 10.6 Å². The fourth-order valence-corrected chi connectivity index (χ4v) is 3.70. The summed E-state index contributed by atoms with van der Waals surface area (Å²) in [5, 5.41) is 6.18. The molecule has 0 unspecified atom stereocenters. The second-order valence-corrected chi connectivity index (χ2v) is 7.41. The molecule has 0 bridgehead atoms. The zero-order valence-electron chi connectivity index (χ0n) is 14.1. The van der Waals surface area contributed by atoms with Gasteiger partial charge in [-0.1, -0.05) is 36.2 Å². The van der Waals surface area contributed by atoms with Gasteiger partial charge in [-0.2, -0.15) is 0 Å². The van der Waals surface area contributed by atoms with Crippen molar-refractivity contribution in [2.45, 2.75) is 45.3 Å². The van der Waals surface area contributed by atoms with Crippen LogP contribution in [0.2, 0.25) is 10.0 Å². The van der Waals surface area contributed by atoms with E-state index in [0.29, 0.717) is 32.8 Å². The molecular formula is C18H20Cl2N2O3. The molecule has 1 saturated carbocycles. The van der Waals surface area contributed by atoms with Crippen molar-refractivity contribution in [1.29, 1.82) is 0 Å². The number of rotatable bonds is 3. The van der Waals surface area contributed by atoms with Crippen molar-refractivity contribution < 1.29 is 14.3 Å². The number of carbonyl (C=O) groups excluding carboxylic acids is 2. The van der Waals surface area contributed by atoms with Crippen LogP contribution in [0.5, 0.6) is 0 Å². The molecule has 25 heavy (non-hydrogen) atoms. The fourth-order valence-electron chi connectivity index (χ4n) is 3.39. The first-order chi connectivity index (χ1) is 11.9. The summed E-state index contributed by atoms with van der Waals surface area (Å²) in [4.78, 5) is 24.7. The number of amides is 2. The molecular weight excluding hydrogens is 363 g/mol. The lowest BCUT2D eigenvalue weighted by Gasteiger charge is -2.29. The molecule has 2 N–H and O–H groups in total. The SMILES string of the molecule is CC1=C(C(=O)O[C@@H]2CCC[C@@H]2C)[C@@H](c2ccc(Cl)c(Cl)c2)NC(=O)N1. The molecule has 7 heteroatoms. The van der Waals surface area contributed by atoms with Crippen LogP contribution in [0, 0.1) is 5.92 Å². The molecule has 1 aliphatic carbocycles. The number of nitrogens with one attached hydrogen (secondary N) is 2. The molecule has 1 heterocycles. The number of esters is 1. The van der Waals surface area contributed by atoms with Gasteiger partial charge in [0.2, 0.25) is 0 Å². The van der Waals surface area contributed by atoms with Gasteiger partial charge in [-0.3, -0.25) is 0 Å². The van der Waals surface area contributed by atoms with E-state index in [2.05, 4.69) is 17.6 Å². The van der Waals surface area contributed by atoms with Crippen LogP contribution in [0.1, 0.15) is 44.7 Å². The lowest BCUT2D eigenvalue weighted by Crippen LogP contribution is -2.45. The highest BCUT2D eigenvalue weighted by molar-refractivity contribution is 6.42. The normalized spacial score (nSPS) is 26.2. The first-order valence-electron chi connectivity index (χ1n) is 8.31. The van der Waals surface area contributed by atoms with Crippen LogP contribution in [0.25, 0.3) is 0 Å². The van der Waals surface area contributed by atoms with Gasteiger partial charge in [-0.15, -0.1) is 0 Å². The van der Waals surface area contributed by atoms with Gasteiger partial charge in [0.05, 0.1) is 21.7 Å². The van der Waals surface area contributed by atoms with Crippen LogP contribution < -0.4 is 10.6 Å². The smallest absolute Gasteiger partial charge is 0.338 e. The Morgan fingerprint density at radius 1 is 1.24 bits per heavy atom. The second kappa shape index (κ2) is 7.26. The molecule has 0 radical (unpaired) electrons. The van der Waals surface area contributed by atoms with Crippen molar-refractivity contribution in [3.05, 3.63) is 45.1 Å². The number of carbonyl (C=O) groups is 2. The van der Waals surface area contributed by atoms with Crippen molar-refractivity contribution in [2.24, 2.45) is 5.92 Å². The summed E-state index contributed by atoms with van der Waals surface area (Å²) in [5.41, 5.74) is 1.54. The molecule has 2 aliphatic rings. The Labute approximate surface area is 156 Å². The number of hydrogen-bond acceptors (Lipinski definition) is 3. The molecule has 1 aromatic carbocycles. The lowest BCUT2D eigenvalue weighted by molar-refractivity contribution is -0.146. The van der Waals surface area contributed by atoms with Crippen LogP contribution in [0.15, 0.2) is 29.5 Å². The molecule has 3 rings (SSSR count). The Hall–Kier alpha value is -1.72. The van der Waals surface area contributed by atoms with Gasteiger partial charge in [-0.05, 0) is 49.8 Å². The van der Waals surface area contributed by atoms with Crippen LogP contribution in [0.4, 0.5) is 4.79 Å². The Morgan fingerprint density at radius 2 is 2.00 bits per heavy atom. The zero-order valence-corrected chi connectivity index (χ0v) is 15.6. The van der Waals surface area contributed by atoms with E-state index in [1.54, 1.807) is 25.1 Å². The monoisotopic (exact) mass is 382 g/mol. The number of halogens is 2. The molecule has 134 valence electrons. The molecule has 1 fully saturated rings. The highest BCUT2D eigenvalue weighted by Gasteiger charge is 2.35. The highest BCUT2D eigenvalue weighted by atomic mass is 35.5. The van der Waals surface area contributed by atoms with Gasteiger partial charge < -0.3 is 15.4 Å². The van der Waals surface area contributed by atoms with Gasteiger partial charge in [-0.25, -0.2) is 9.59 Å². The van der Waals surface area contributed by atoms with Gasteiger partial charge >= 0.3 is 12.0 Å². The van der Waals surface area contributed by atoms with E-state index in [0.717, 1.165) is 19.3 Å². The molecule has 0 spiro atoms. The third-order valence-corrected chi connectivity index (χ3v) is 5.55. The van der Waals surface area contributed by atoms with Gasteiger partial charge in [0.15, 0.2) is 0 Å². The van der Waals surface area contributed by atoms with E-state index in [9.17, 15) is 9.59 Å². The summed E-state index contributed by atoms with van der Waals surface area (Å²) in [6.45, 7) is 3.78. The fraction of sp³-hybridized carbons (Fsp3) is 0.444. The van der Waals surface area contributed by atoms with Crippen LogP contribution in [0.3, 0.4) is 0 Å². The molecule has 0 aromatic heterocycles. The van der Waals surface area contributed by atoms with Gasteiger partial charge in [0.1, 0.15) is 6.10 Å². The minimum absolute atomic E-state index is 0.0834. The van der Waals surface area contributed by atoms with Crippen molar-refractivity contribution in [2.75, 3.05) is 0 Å². The molecule has 1 aliphatic heterocycles. The summed E-state index contributed by atoms with van der Waals surface area (Å²) in [5.74, 6) is -0.0701.